The van der Waals surface area contributed by atoms with E-state index in [1.165, 1.54) is 77.2 Å². The van der Waals surface area contributed by atoms with Gasteiger partial charge in [-0.2, -0.15) is 0 Å². The van der Waals surface area contributed by atoms with Crippen molar-refractivity contribution in [2.24, 2.45) is 0 Å². The molecule has 0 amide bonds. The zero-order chi connectivity index (χ0) is 45.2. The number of aryl methyl sites for hydroxylation is 1. The van der Waals surface area contributed by atoms with Crippen LogP contribution in [0.2, 0.25) is 0 Å². The van der Waals surface area contributed by atoms with E-state index in [0.717, 1.165) is 47.0 Å². The van der Waals surface area contributed by atoms with Crippen LogP contribution in [0.1, 0.15) is 17.5 Å². The van der Waals surface area contributed by atoms with Crippen LogP contribution in [0, 0.1) is 0 Å². The number of benzene rings is 11. The molecule has 12 rings (SSSR count). The van der Waals surface area contributed by atoms with E-state index in [1.54, 1.807) is 0 Å². The zero-order valence-corrected chi connectivity index (χ0v) is 37.7. The second kappa shape index (κ2) is 17.9. The Morgan fingerprint density at radius 1 is 0.265 bits per heavy atom. The van der Waals surface area contributed by atoms with Crippen molar-refractivity contribution in [3.05, 3.63) is 272 Å². The molecule has 1 aliphatic rings. The van der Waals surface area contributed by atoms with Gasteiger partial charge in [-0.25, -0.2) is 0 Å². The fourth-order valence-electron chi connectivity index (χ4n) is 10.3. The van der Waals surface area contributed by atoms with Crippen LogP contribution < -0.4 is 9.80 Å². The first-order valence-corrected chi connectivity index (χ1v) is 23.6. The molecule has 0 bridgehead atoms. The first kappa shape index (κ1) is 40.8. The molecule has 0 unspecified atom stereocenters. The van der Waals surface area contributed by atoms with Crippen molar-refractivity contribution in [1.29, 1.82) is 0 Å². The van der Waals surface area contributed by atoms with Crippen LogP contribution in [0.4, 0.5) is 34.1 Å². The predicted molar refractivity (Wildman–Crippen MR) is 290 cm³/mol. The van der Waals surface area contributed by atoms with E-state index in [9.17, 15) is 0 Å². The van der Waals surface area contributed by atoms with Gasteiger partial charge in [-0.15, -0.1) is 0 Å². The third-order valence-electron chi connectivity index (χ3n) is 13.4. The summed E-state index contributed by atoms with van der Waals surface area (Å²) in [4.78, 5) is 4.81. The molecule has 0 heterocycles. The molecule has 0 saturated carbocycles. The largest absolute Gasteiger partial charge is 0.310 e. The van der Waals surface area contributed by atoms with Gasteiger partial charge in [-0.05, 0) is 175 Å². The molecule has 68 heavy (non-hydrogen) atoms. The molecule has 0 spiro atoms. The first-order chi connectivity index (χ1) is 33.7. The molecule has 11 aromatic carbocycles. The maximum absolute atomic E-state index is 2.45. The van der Waals surface area contributed by atoms with Gasteiger partial charge < -0.3 is 9.80 Å². The number of para-hydroxylation sites is 3. The van der Waals surface area contributed by atoms with Crippen LogP contribution in [0.25, 0.3) is 72.1 Å². The summed E-state index contributed by atoms with van der Waals surface area (Å²) in [6.07, 6.45) is 6.65. The summed E-state index contributed by atoms with van der Waals surface area (Å²) < 4.78 is 0. The van der Waals surface area contributed by atoms with Crippen molar-refractivity contribution in [3.63, 3.8) is 0 Å². The minimum atomic E-state index is 1.04. The summed E-state index contributed by atoms with van der Waals surface area (Å²) in [5.41, 5.74) is 18.9. The quantitative estimate of drug-likeness (QED) is 0.126. The number of fused-ring (bicyclic) bond motifs is 3. The summed E-state index contributed by atoms with van der Waals surface area (Å²) in [6, 6.07) is 93.2. The van der Waals surface area contributed by atoms with E-state index in [4.69, 9.17) is 0 Å². The molecular weight excluding hydrogens is 821 g/mol. The number of hydrogen-bond acceptors (Lipinski definition) is 2. The monoisotopic (exact) mass is 868 g/mol. The summed E-state index contributed by atoms with van der Waals surface area (Å²) in [6.45, 7) is 0. The number of rotatable bonds is 10. The number of hydrogen-bond donors (Lipinski definition) is 0. The van der Waals surface area contributed by atoms with Crippen molar-refractivity contribution < 1.29 is 0 Å². The van der Waals surface area contributed by atoms with Crippen LogP contribution >= 0.6 is 0 Å². The molecule has 0 N–H and O–H groups in total. The highest BCUT2D eigenvalue weighted by Crippen LogP contribution is 2.49. The van der Waals surface area contributed by atoms with Crippen LogP contribution in [0.3, 0.4) is 0 Å². The number of allylic oxidation sites excluding steroid dienone is 1. The highest BCUT2D eigenvalue weighted by molar-refractivity contribution is 6.23. The second-order valence-corrected chi connectivity index (χ2v) is 17.6. The van der Waals surface area contributed by atoms with Crippen molar-refractivity contribution in [2.75, 3.05) is 9.80 Å². The molecule has 0 fully saturated rings. The molecule has 1 aliphatic carbocycles. The van der Waals surface area contributed by atoms with Gasteiger partial charge in [0.1, 0.15) is 0 Å². The lowest BCUT2D eigenvalue weighted by molar-refractivity contribution is 0.984. The van der Waals surface area contributed by atoms with Gasteiger partial charge in [-0.3, -0.25) is 0 Å². The van der Waals surface area contributed by atoms with E-state index in [0.29, 0.717) is 0 Å². The Bertz CT molecular complexity index is 3560. The molecule has 0 aromatic heterocycles. The van der Waals surface area contributed by atoms with E-state index >= 15 is 0 Å². The molecule has 0 aliphatic heterocycles. The first-order valence-electron chi connectivity index (χ1n) is 23.6. The Morgan fingerprint density at radius 2 is 0.647 bits per heavy atom. The molecule has 322 valence electrons. The number of nitrogens with zero attached hydrogens (tertiary/aromatic N) is 2. The van der Waals surface area contributed by atoms with Gasteiger partial charge >= 0.3 is 0 Å². The lowest BCUT2D eigenvalue weighted by Gasteiger charge is -2.28. The van der Waals surface area contributed by atoms with Crippen molar-refractivity contribution in [2.45, 2.75) is 12.8 Å². The van der Waals surface area contributed by atoms with Crippen molar-refractivity contribution in [1.82, 2.24) is 0 Å². The van der Waals surface area contributed by atoms with Crippen molar-refractivity contribution in [3.8, 4) is 44.5 Å². The highest BCUT2D eigenvalue weighted by Gasteiger charge is 2.23. The van der Waals surface area contributed by atoms with Crippen LogP contribution in [0.15, 0.2) is 261 Å². The third kappa shape index (κ3) is 7.72. The van der Waals surface area contributed by atoms with Gasteiger partial charge in [0.05, 0.1) is 0 Å². The fraction of sp³-hybridized carbons (Fsp3) is 0.0303. The van der Waals surface area contributed by atoms with Gasteiger partial charge in [0, 0.05) is 34.1 Å². The Balaban J connectivity index is 1.18. The van der Waals surface area contributed by atoms with Gasteiger partial charge in [0.25, 0.3) is 0 Å². The highest BCUT2D eigenvalue weighted by atomic mass is 15.1. The van der Waals surface area contributed by atoms with Gasteiger partial charge in [0.15, 0.2) is 0 Å². The molecule has 11 aromatic rings. The topological polar surface area (TPSA) is 6.48 Å². The third-order valence-corrected chi connectivity index (χ3v) is 13.4. The minimum absolute atomic E-state index is 1.04. The Labute approximate surface area is 399 Å². The summed E-state index contributed by atoms with van der Waals surface area (Å²) in [5.74, 6) is 0. The lowest BCUT2D eigenvalue weighted by Crippen LogP contribution is -2.11. The minimum Gasteiger partial charge on any atom is -0.310 e. The Morgan fingerprint density at radius 3 is 1.12 bits per heavy atom. The molecule has 2 heteroatoms. The summed E-state index contributed by atoms with van der Waals surface area (Å²) in [7, 11) is 0. The van der Waals surface area contributed by atoms with E-state index in [-0.39, 0.29) is 0 Å². The van der Waals surface area contributed by atoms with Crippen LogP contribution in [-0.2, 0) is 6.42 Å². The van der Waals surface area contributed by atoms with E-state index < -0.39 is 0 Å². The Hall–Kier alpha value is -8.72. The summed E-state index contributed by atoms with van der Waals surface area (Å²) in [5, 5.41) is 4.76. The number of anilines is 6. The van der Waals surface area contributed by atoms with Crippen LogP contribution in [0.5, 0.6) is 0 Å². The van der Waals surface area contributed by atoms with Gasteiger partial charge in [0.2, 0.25) is 0 Å². The molecule has 0 saturated heterocycles. The van der Waals surface area contributed by atoms with Crippen molar-refractivity contribution >= 4 is 61.7 Å². The fourth-order valence-corrected chi connectivity index (χ4v) is 10.3. The van der Waals surface area contributed by atoms with E-state index in [1.807, 2.05) is 0 Å². The molecule has 0 atom stereocenters. The van der Waals surface area contributed by atoms with E-state index in [2.05, 4.69) is 277 Å². The molecule has 2 nitrogen and oxygen atoms in total. The molecule has 0 radical (unpaired) electrons. The Kier molecular flexibility index (Phi) is 10.7. The van der Waals surface area contributed by atoms with Crippen LogP contribution in [-0.4, -0.2) is 0 Å². The standard InChI is InChI=1S/C66H48N2/c1-6-20-47(21-7-1)50-26-18-28-53(42-50)65-62-41-39-60(68(57-34-14-5-15-35-57)58-37-36-49-24-16-17-25-52(49)44-58)46-64(62)66(54-29-19-27-51(43-54)48-22-8-2-9-23-48)61-40-38-59(45-63(61)65)67(55-30-10-3-11-31-55)56-32-12-4-13-33-56/h1-16,18-24,26-46H,17,25H2. The van der Waals surface area contributed by atoms with Gasteiger partial charge in [-0.1, -0.05) is 182 Å². The lowest BCUT2D eigenvalue weighted by atomic mass is 9.84. The SMILES string of the molecule is C1=Cc2ccc(N(c3ccccc3)c3ccc4c(-c5cccc(-c6ccccc6)c5)c5cc(N(c6ccccc6)c6ccccc6)ccc5c(-c5cccc(-c6ccccc6)c5)c4c3)cc2CC1. The zero-order valence-electron chi connectivity index (χ0n) is 37.7. The normalized spacial score (nSPS) is 11.9. The molecular formula is C66H48N2. The second-order valence-electron chi connectivity index (χ2n) is 17.6. The average Bonchev–Trinajstić information content (AvgIpc) is 3.42. The average molecular weight is 869 g/mol. The maximum atomic E-state index is 2.45. The maximum Gasteiger partial charge on any atom is 0.0468 e. The predicted octanol–water partition coefficient (Wildman–Crippen LogP) is 18.6. The summed E-state index contributed by atoms with van der Waals surface area (Å²) >= 11 is 0. The smallest absolute Gasteiger partial charge is 0.0468 e.